The molecular formula is C11H26N2. The standard InChI is InChI=1S/C11H26N2/c1-6-10(5)13-11(7-2)12-8-9(3)4/h9-13H,6-8H2,1-5H3. The van der Waals surface area contributed by atoms with Crippen LogP contribution in [0.2, 0.25) is 0 Å². The molecule has 0 aromatic heterocycles. The molecular weight excluding hydrogens is 160 g/mol. The highest BCUT2D eigenvalue weighted by molar-refractivity contribution is 4.67. The summed E-state index contributed by atoms with van der Waals surface area (Å²) >= 11 is 0. The molecule has 0 aliphatic heterocycles. The van der Waals surface area contributed by atoms with Crippen molar-refractivity contribution in [2.45, 2.75) is 59.7 Å². The van der Waals surface area contributed by atoms with E-state index in [9.17, 15) is 0 Å². The van der Waals surface area contributed by atoms with E-state index < -0.39 is 0 Å². The van der Waals surface area contributed by atoms with Crippen LogP contribution in [0.4, 0.5) is 0 Å². The summed E-state index contributed by atoms with van der Waals surface area (Å²) in [6, 6.07) is 0.615. The molecule has 0 saturated heterocycles. The molecule has 2 unspecified atom stereocenters. The van der Waals surface area contributed by atoms with Crippen LogP contribution in [-0.4, -0.2) is 18.8 Å². The van der Waals surface area contributed by atoms with Gasteiger partial charge in [-0.1, -0.05) is 27.7 Å². The molecule has 2 nitrogen and oxygen atoms in total. The molecule has 0 fully saturated rings. The lowest BCUT2D eigenvalue weighted by molar-refractivity contribution is 0.351. The Morgan fingerprint density at radius 3 is 2.00 bits per heavy atom. The Morgan fingerprint density at radius 2 is 1.62 bits per heavy atom. The van der Waals surface area contributed by atoms with Crippen molar-refractivity contribution in [1.29, 1.82) is 0 Å². The van der Waals surface area contributed by atoms with Crippen molar-refractivity contribution in [1.82, 2.24) is 10.6 Å². The van der Waals surface area contributed by atoms with Gasteiger partial charge < -0.3 is 5.32 Å². The first kappa shape index (κ1) is 12.9. The van der Waals surface area contributed by atoms with Gasteiger partial charge in [0.2, 0.25) is 0 Å². The molecule has 0 aromatic carbocycles. The number of hydrogen-bond donors (Lipinski definition) is 2. The summed E-state index contributed by atoms with van der Waals surface area (Å²) in [4.78, 5) is 0. The van der Waals surface area contributed by atoms with Gasteiger partial charge in [-0.25, -0.2) is 0 Å². The highest BCUT2D eigenvalue weighted by Gasteiger charge is 2.07. The Hall–Kier alpha value is -0.0800. The number of rotatable bonds is 7. The maximum absolute atomic E-state index is 3.56. The average molecular weight is 186 g/mol. The Bertz CT molecular complexity index is 113. The van der Waals surface area contributed by atoms with Gasteiger partial charge in [-0.3, -0.25) is 5.32 Å². The minimum Gasteiger partial charge on any atom is -0.302 e. The van der Waals surface area contributed by atoms with Crippen LogP contribution in [0.15, 0.2) is 0 Å². The van der Waals surface area contributed by atoms with Crippen molar-refractivity contribution in [3.8, 4) is 0 Å². The Labute approximate surface area is 83.5 Å². The summed E-state index contributed by atoms with van der Waals surface area (Å²) in [5.41, 5.74) is 0. The van der Waals surface area contributed by atoms with Crippen molar-refractivity contribution >= 4 is 0 Å². The SMILES string of the molecule is CCC(C)NC(CC)NCC(C)C. The fourth-order valence-corrected chi connectivity index (χ4v) is 1.16. The normalized spacial score (nSPS) is 16.2. The van der Waals surface area contributed by atoms with E-state index in [2.05, 4.69) is 45.3 Å². The smallest absolute Gasteiger partial charge is 0.0571 e. The molecule has 2 N–H and O–H groups in total. The van der Waals surface area contributed by atoms with Crippen LogP contribution in [0.3, 0.4) is 0 Å². The first-order valence-corrected chi connectivity index (χ1v) is 5.59. The molecule has 0 aliphatic rings. The molecule has 2 heteroatoms. The second-order valence-corrected chi connectivity index (χ2v) is 4.24. The Kier molecular flexibility index (Phi) is 7.29. The molecule has 0 spiro atoms. The van der Waals surface area contributed by atoms with Crippen LogP contribution < -0.4 is 10.6 Å². The van der Waals surface area contributed by atoms with E-state index in [1.165, 1.54) is 6.42 Å². The van der Waals surface area contributed by atoms with Crippen LogP contribution >= 0.6 is 0 Å². The van der Waals surface area contributed by atoms with E-state index in [4.69, 9.17) is 0 Å². The van der Waals surface area contributed by atoms with E-state index in [0.29, 0.717) is 12.2 Å². The summed E-state index contributed by atoms with van der Waals surface area (Å²) in [6.45, 7) is 12.2. The lowest BCUT2D eigenvalue weighted by Crippen LogP contribution is -2.46. The van der Waals surface area contributed by atoms with Gasteiger partial charge in [0.1, 0.15) is 0 Å². The van der Waals surface area contributed by atoms with Crippen LogP contribution in [0, 0.1) is 5.92 Å². The van der Waals surface area contributed by atoms with Crippen molar-refractivity contribution in [3.63, 3.8) is 0 Å². The van der Waals surface area contributed by atoms with Crippen LogP contribution in [-0.2, 0) is 0 Å². The molecule has 13 heavy (non-hydrogen) atoms. The molecule has 0 bridgehead atoms. The van der Waals surface area contributed by atoms with Crippen molar-refractivity contribution < 1.29 is 0 Å². The maximum Gasteiger partial charge on any atom is 0.0571 e. The van der Waals surface area contributed by atoms with Crippen molar-refractivity contribution in [2.75, 3.05) is 6.54 Å². The van der Waals surface area contributed by atoms with Gasteiger partial charge in [0.05, 0.1) is 6.17 Å². The minimum absolute atomic E-state index is 0.484. The monoisotopic (exact) mass is 186 g/mol. The lowest BCUT2D eigenvalue weighted by atomic mass is 10.2. The fourth-order valence-electron chi connectivity index (χ4n) is 1.16. The highest BCUT2D eigenvalue weighted by atomic mass is 15.1. The predicted octanol–water partition coefficient (Wildman–Crippen LogP) is 2.36. The lowest BCUT2D eigenvalue weighted by Gasteiger charge is -2.23. The molecule has 0 rings (SSSR count). The van der Waals surface area contributed by atoms with E-state index in [1.807, 2.05) is 0 Å². The quantitative estimate of drug-likeness (QED) is 0.596. The zero-order chi connectivity index (χ0) is 10.3. The van der Waals surface area contributed by atoms with Crippen molar-refractivity contribution in [3.05, 3.63) is 0 Å². The highest BCUT2D eigenvalue weighted by Crippen LogP contribution is 1.95. The van der Waals surface area contributed by atoms with Crippen LogP contribution in [0.1, 0.15) is 47.5 Å². The summed E-state index contributed by atoms with van der Waals surface area (Å²) < 4.78 is 0. The summed E-state index contributed by atoms with van der Waals surface area (Å²) in [6.07, 6.45) is 2.83. The first-order valence-electron chi connectivity index (χ1n) is 5.59. The third-order valence-electron chi connectivity index (χ3n) is 2.28. The first-order chi connectivity index (χ1) is 6.10. The number of hydrogen-bond acceptors (Lipinski definition) is 2. The largest absolute Gasteiger partial charge is 0.302 e. The Balaban J connectivity index is 3.62. The molecule has 0 aliphatic carbocycles. The molecule has 0 amide bonds. The van der Waals surface area contributed by atoms with Gasteiger partial charge in [0.15, 0.2) is 0 Å². The van der Waals surface area contributed by atoms with Crippen molar-refractivity contribution in [2.24, 2.45) is 5.92 Å². The zero-order valence-corrected chi connectivity index (χ0v) is 9.85. The van der Waals surface area contributed by atoms with Gasteiger partial charge in [-0.2, -0.15) is 0 Å². The van der Waals surface area contributed by atoms with Gasteiger partial charge in [0, 0.05) is 6.04 Å². The van der Waals surface area contributed by atoms with E-state index in [-0.39, 0.29) is 0 Å². The predicted molar refractivity (Wildman–Crippen MR) is 59.8 cm³/mol. The van der Waals surface area contributed by atoms with E-state index in [0.717, 1.165) is 18.9 Å². The molecule has 0 heterocycles. The molecule has 2 atom stereocenters. The zero-order valence-electron chi connectivity index (χ0n) is 9.85. The average Bonchev–Trinajstić information content (AvgIpc) is 2.11. The van der Waals surface area contributed by atoms with Gasteiger partial charge in [0.25, 0.3) is 0 Å². The van der Waals surface area contributed by atoms with Crippen LogP contribution in [0.25, 0.3) is 0 Å². The molecule has 80 valence electrons. The van der Waals surface area contributed by atoms with E-state index in [1.54, 1.807) is 0 Å². The van der Waals surface area contributed by atoms with Gasteiger partial charge in [-0.15, -0.1) is 0 Å². The second kappa shape index (κ2) is 7.34. The van der Waals surface area contributed by atoms with Gasteiger partial charge in [-0.05, 0) is 32.2 Å². The summed E-state index contributed by atoms with van der Waals surface area (Å²) in [7, 11) is 0. The Morgan fingerprint density at radius 1 is 1.00 bits per heavy atom. The van der Waals surface area contributed by atoms with E-state index >= 15 is 0 Å². The molecule has 0 saturated carbocycles. The topological polar surface area (TPSA) is 24.1 Å². The van der Waals surface area contributed by atoms with Gasteiger partial charge >= 0.3 is 0 Å². The van der Waals surface area contributed by atoms with Crippen LogP contribution in [0.5, 0.6) is 0 Å². The molecule has 0 radical (unpaired) electrons. The summed E-state index contributed by atoms with van der Waals surface area (Å²) in [5.74, 6) is 0.729. The third kappa shape index (κ3) is 7.03. The number of nitrogens with one attached hydrogen (secondary N) is 2. The fraction of sp³-hybridized carbons (Fsp3) is 1.00. The molecule has 0 aromatic rings. The second-order valence-electron chi connectivity index (χ2n) is 4.24. The minimum atomic E-state index is 0.484. The third-order valence-corrected chi connectivity index (χ3v) is 2.28. The maximum atomic E-state index is 3.56. The summed E-state index contributed by atoms with van der Waals surface area (Å²) in [5, 5.41) is 7.08.